The van der Waals surface area contributed by atoms with Crippen LogP contribution < -0.4 is 10.1 Å². The summed E-state index contributed by atoms with van der Waals surface area (Å²) in [4.78, 5) is 22.8. The summed E-state index contributed by atoms with van der Waals surface area (Å²) >= 11 is 0. The average molecular weight is 297 g/mol. The molecular weight excluding hydrogens is 277 g/mol. The van der Waals surface area contributed by atoms with E-state index in [9.17, 15) is 14.0 Å². The van der Waals surface area contributed by atoms with E-state index in [-0.39, 0.29) is 24.7 Å². The zero-order chi connectivity index (χ0) is 15.8. The Morgan fingerprint density at radius 1 is 1.38 bits per heavy atom. The third-order valence-electron chi connectivity index (χ3n) is 3.22. The fraction of sp³-hybridized carbons (Fsp3) is 0.467. The fourth-order valence-electron chi connectivity index (χ4n) is 1.74. The molecule has 0 bridgehead atoms. The van der Waals surface area contributed by atoms with Crippen molar-refractivity contribution in [3.05, 3.63) is 30.1 Å². The average Bonchev–Trinajstić information content (AvgIpc) is 2.45. The van der Waals surface area contributed by atoms with Crippen LogP contribution in [-0.4, -0.2) is 29.6 Å². The Kier molecular flexibility index (Phi) is 6.65. The molecule has 0 aromatic heterocycles. The third-order valence-corrected chi connectivity index (χ3v) is 3.22. The molecule has 6 heteroatoms. The Balaban J connectivity index is 2.43. The van der Waals surface area contributed by atoms with Crippen molar-refractivity contribution >= 4 is 11.9 Å². The molecule has 0 saturated carbocycles. The molecule has 116 valence electrons. The molecule has 2 atom stereocenters. The van der Waals surface area contributed by atoms with Crippen LogP contribution in [0.1, 0.15) is 26.7 Å². The Bertz CT molecular complexity index is 492. The number of aliphatic carboxylic acids is 1. The quantitative estimate of drug-likeness (QED) is 0.771. The van der Waals surface area contributed by atoms with Gasteiger partial charge in [0.2, 0.25) is 5.91 Å². The molecule has 0 saturated heterocycles. The first-order valence-electron chi connectivity index (χ1n) is 6.85. The maximum atomic E-state index is 13.3. The molecule has 0 fully saturated rings. The summed E-state index contributed by atoms with van der Waals surface area (Å²) in [5, 5.41) is 11.5. The SMILES string of the molecule is CCC(C)[C@H](NC(=O)CCOc1ccccc1F)C(=O)O. The summed E-state index contributed by atoms with van der Waals surface area (Å²) in [7, 11) is 0. The monoisotopic (exact) mass is 297 g/mol. The van der Waals surface area contributed by atoms with Gasteiger partial charge in [-0.2, -0.15) is 0 Å². The number of hydrogen-bond donors (Lipinski definition) is 2. The lowest BCUT2D eigenvalue weighted by Crippen LogP contribution is -2.45. The number of halogens is 1. The molecule has 0 aliphatic carbocycles. The second-order valence-electron chi connectivity index (χ2n) is 4.80. The molecular formula is C15H20FNO4. The van der Waals surface area contributed by atoms with Crippen molar-refractivity contribution in [3.8, 4) is 5.75 Å². The van der Waals surface area contributed by atoms with E-state index < -0.39 is 23.7 Å². The highest BCUT2D eigenvalue weighted by Crippen LogP contribution is 2.15. The number of carboxylic acid groups (broad SMARTS) is 1. The van der Waals surface area contributed by atoms with Gasteiger partial charge in [-0.15, -0.1) is 0 Å². The number of para-hydroxylation sites is 1. The lowest BCUT2D eigenvalue weighted by Gasteiger charge is -2.20. The highest BCUT2D eigenvalue weighted by molar-refractivity contribution is 5.83. The van der Waals surface area contributed by atoms with Crippen molar-refractivity contribution in [2.45, 2.75) is 32.7 Å². The van der Waals surface area contributed by atoms with Crippen LogP contribution in [0.2, 0.25) is 0 Å². The number of rotatable bonds is 8. The molecule has 0 spiro atoms. The molecule has 1 rings (SSSR count). The van der Waals surface area contributed by atoms with Crippen LogP contribution in [0.4, 0.5) is 4.39 Å². The first-order chi connectivity index (χ1) is 9.95. The Morgan fingerprint density at radius 3 is 2.62 bits per heavy atom. The predicted octanol–water partition coefficient (Wildman–Crippen LogP) is 2.21. The standard InChI is InChI=1S/C15H20FNO4/c1-3-10(2)14(15(19)20)17-13(18)8-9-21-12-7-5-4-6-11(12)16/h4-7,10,14H,3,8-9H2,1-2H3,(H,17,18)(H,19,20)/t10?,14-/m0/s1. The van der Waals surface area contributed by atoms with E-state index in [2.05, 4.69) is 5.32 Å². The van der Waals surface area contributed by atoms with Crippen LogP contribution in [0.25, 0.3) is 0 Å². The molecule has 0 aliphatic heterocycles. The predicted molar refractivity (Wildman–Crippen MR) is 75.5 cm³/mol. The van der Waals surface area contributed by atoms with Crippen molar-refractivity contribution in [1.82, 2.24) is 5.32 Å². The normalized spacial score (nSPS) is 13.3. The zero-order valence-electron chi connectivity index (χ0n) is 12.1. The smallest absolute Gasteiger partial charge is 0.326 e. The molecule has 1 unspecified atom stereocenters. The van der Waals surface area contributed by atoms with Gasteiger partial charge in [0, 0.05) is 0 Å². The fourth-order valence-corrected chi connectivity index (χ4v) is 1.74. The van der Waals surface area contributed by atoms with Gasteiger partial charge in [0.05, 0.1) is 13.0 Å². The molecule has 1 aromatic rings. The zero-order valence-corrected chi connectivity index (χ0v) is 12.1. The maximum absolute atomic E-state index is 13.3. The van der Waals surface area contributed by atoms with Crippen LogP contribution in [0.5, 0.6) is 5.75 Å². The van der Waals surface area contributed by atoms with Gasteiger partial charge in [-0.05, 0) is 18.1 Å². The molecule has 2 N–H and O–H groups in total. The summed E-state index contributed by atoms with van der Waals surface area (Å²) in [5.74, 6) is -2.09. The molecule has 1 aromatic carbocycles. The van der Waals surface area contributed by atoms with Gasteiger partial charge in [0.1, 0.15) is 6.04 Å². The molecule has 1 amide bonds. The molecule has 5 nitrogen and oxygen atoms in total. The van der Waals surface area contributed by atoms with Crippen molar-refractivity contribution in [2.24, 2.45) is 5.92 Å². The van der Waals surface area contributed by atoms with Crippen molar-refractivity contribution in [3.63, 3.8) is 0 Å². The van der Waals surface area contributed by atoms with Crippen LogP contribution in [-0.2, 0) is 9.59 Å². The van der Waals surface area contributed by atoms with Crippen molar-refractivity contribution in [1.29, 1.82) is 0 Å². The highest BCUT2D eigenvalue weighted by atomic mass is 19.1. The van der Waals surface area contributed by atoms with Gasteiger partial charge in [-0.1, -0.05) is 32.4 Å². The van der Waals surface area contributed by atoms with Crippen LogP contribution in [0, 0.1) is 11.7 Å². The summed E-state index contributed by atoms with van der Waals surface area (Å²) < 4.78 is 18.4. The number of carbonyl (C=O) groups excluding carboxylic acids is 1. The second-order valence-corrected chi connectivity index (χ2v) is 4.80. The van der Waals surface area contributed by atoms with Gasteiger partial charge in [-0.25, -0.2) is 9.18 Å². The Hall–Kier alpha value is -2.11. The van der Waals surface area contributed by atoms with Crippen molar-refractivity contribution < 1.29 is 23.8 Å². The number of nitrogens with one attached hydrogen (secondary N) is 1. The lowest BCUT2D eigenvalue weighted by molar-refractivity contribution is -0.143. The minimum Gasteiger partial charge on any atom is -0.490 e. The molecule has 0 heterocycles. The minimum absolute atomic E-state index is 0.0143. The first kappa shape index (κ1) is 16.9. The molecule has 0 aliphatic rings. The Labute approximate surface area is 123 Å². The van der Waals surface area contributed by atoms with Gasteiger partial charge in [0.15, 0.2) is 11.6 Å². The van der Waals surface area contributed by atoms with Crippen LogP contribution in [0.15, 0.2) is 24.3 Å². The lowest BCUT2D eigenvalue weighted by atomic mass is 9.99. The van der Waals surface area contributed by atoms with Gasteiger partial charge >= 0.3 is 5.97 Å². The van der Waals surface area contributed by atoms with Gasteiger partial charge in [-0.3, -0.25) is 4.79 Å². The number of benzene rings is 1. The van der Waals surface area contributed by atoms with E-state index in [0.29, 0.717) is 6.42 Å². The van der Waals surface area contributed by atoms with E-state index in [1.165, 1.54) is 12.1 Å². The van der Waals surface area contributed by atoms with E-state index in [4.69, 9.17) is 9.84 Å². The van der Waals surface area contributed by atoms with E-state index in [1.807, 2.05) is 6.92 Å². The summed E-state index contributed by atoms with van der Waals surface area (Å²) in [5.41, 5.74) is 0. The number of hydrogen-bond acceptors (Lipinski definition) is 3. The second kappa shape index (κ2) is 8.24. The number of amides is 1. The molecule has 21 heavy (non-hydrogen) atoms. The first-order valence-corrected chi connectivity index (χ1v) is 6.85. The maximum Gasteiger partial charge on any atom is 0.326 e. The van der Waals surface area contributed by atoms with Crippen molar-refractivity contribution in [2.75, 3.05) is 6.61 Å². The third kappa shape index (κ3) is 5.41. The van der Waals surface area contributed by atoms with Gasteiger partial charge < -0.3 is 15.2 Å². The van der Waals surface area contributed by atoms with Gasteiger partial charge in [0.25, 0.3) is 0 Å². The Morgan fingerprint density at radius 2 is 2.05 bits per heavy atom. The summed E-state index contributed by atoms with van der Waals surface area (Å²) in [6, 6.07) is 4.97. The van der Waals surface area contributed by atoms with E-state index in [0.717, 1.165) is 0 Å². The number of carbonyl (C=O) groups is 2. The van der Waals surface area contributed by atoms with Crippen LogP contribution >= 0.6 is 0 Å². The van der Waals surface area contributed by atoms with Crippen LogP contribution in [0.3, 0.4) is 0 Å². The highest BCUT2D eigenvalue weighted by Gasteiger charge is 2.25. The summed E-state index contributed by atoms with van der Waals surface area (Å²) in [6.45, 7) is 3.60. The largest absolute Gasteiger partial charge is 0.490 e. The summed E-state index contributed by atoms with van der Waals surface area (Å²) in [6.07, 6.45) is 0.609. The van der Waals surface area contributed by atoms with E-state index in [1.54, 1.807) is 19.1 Å². The number of ether oxygens (including phenoxy) is 1. The van der Waals surface area contributed by atoms with E-state index >= 15 is 0 Å². The molecule has 0 radical (unpaired) electrons. The number of carboxylic acids is 1. The topological polar surface area (TPSA) is 75.6 Å². The minimum atomic E-state index is -1.06.